The molecule has 23 heavy (non-hydrogen) atoms. The Balaban J connectivity index is 1.89. The minimum atomic E-state index is -0.466. The van der Waals surface area contributed by atoms with E-state index in [1.807, 2.05) is 45.9 Å². The summed E-state index contributed by atoms with van der Waals surface area (Å²) in [7, 11) is 0. The van der Waals surface area contributed by atoms with Gasteiger partial charge in [0.1, 0.15) is 5.60 Å². The smallest absolute Gasteiger partial charge is 0.407 e. The third-order valence-electron chi connectivity index (χ3n) is 3.88. The number of carbonyl (C=O) groups is 1. The lowest BCUT2D eigenvalue weighted by molar-refractivity contribution is 0.0492. The fourth-order valence-electron chi connectivity index (χ4n) is 2.88. The van der Waals surface area contributed by atoms with Crippen molar-refractivity contribution in [2.75, 3.05) is 5.32 Å². The second kappa shape index (κ2) is 7.43. The van der Waals surface area contributed by atoms with Crippen LogP contribution in [-0.2, 0) is 4.74 Å². The van der Waals surface area contributed by atoms with Crippen molar-refractivity contribution in [1.29, 1.82) is 0 Å². The summed E-state index contributed by atoms with van der Waals surface area (Å²) in [6.45, 7) is 7.64. The van der Waals surface area contributed by atoms with E-state index in [2.05, 4.69) is 10.6 Å². The second-order valence-electron chi connectivity index (χ2n) is 7.33. The highest BCUT2D eigenvalue weighted by atomic mass is 35.5. The maximum atomic E-state index is 11.9. The molecule has 0 bridgehead atoms. The molecule has 2 atom stereocenters. The van der Waals surface area contributed by atoms with Gasteiger partial charge in [0, 0.05) is 12.1 Å². The van der Waals surface area contributed by atoms with Crippen molar-refractivity contribution in [2.24, 2.45) is 0 Å². The number of hydrogen-bond donors (Lipinski definition) is 2. The number of anilines is 1. The molecule has 0 aliphatic heterocycles. The lowest BCUT2D eigenvalue weighted by Gasteiger charge is -2.32. The molecular formula is C18H27ClN2O2. The minimum absolute atomic E-state index is 0.139. The van der Waals surface area contributed by atoms with E-state index in [-0.39, 0.29) is 12.1 Å². The third kappa shape index (κ3) is 5.94. The number of hydrogen-bond acceptors (Lipinski definition) is 3. The van der Waals surface area contributed by atoms with Crippen LogP contribution in [0.2, 0.25) is 5.02 Å². The van der Waals surface area contributed by atoms with Crippen LogP contribution in [0.15, 0.2) is 18.2 Å². The zero-order valence-corrected chi connectivity index (χ0v) is 15.2. The Labute approximate surface area is 143 Å². The molecule has 0 heterocycles. The summed E-state index contributed by atoms with van der Waals surface area (Å²) >= 11 is 6.29. The normalized spacial score (nSPS) is 21.6. The van der Waals surface area contributed by atoms with E-state index >= 15 is 0 Å². The van der Waals surface area contributed by atoms with Gasteiger partial charge in [0.25, 0.3) is 0 Å². The third-order valence-corrected chi connectivity index (χ3v) is 4.19. The zero-order valence-electron chi connectivity index (χ0n) is 14.4. The summed E-state index contributed by atoms with van der Waals surface area (Å²) in [6, 6.07) is 6.48. The topological polar surface area (TPSA) is 50.4 Å². The Morgan fingerprint density at radius 2 is 1.96 bits per heavy atom. The van der Waals surface area contributed by atoms with E-state index in [1.54, 1.807) is 0 Å². The van der Waals surface area contributed by atoms with Gasteiger partial charge in [0.05, 0.1) is 10.7 Å². The minimum Gasteiger partial charge on any atom is -0.444 e. The molecule has 5 heteroatoms. The van der Waals surface area contributed by atoms with E-state index in [9.17, 15) is 4.79 Å². The van der Waals surface area contributed by atoms with E-state index in [0.29, 0.717) is 6.04 Å². The monoisotopic (exact) mass is 338 g/mol. The molecule has 1 aliphatic carbocycles. The van der Waals surface area contributed by atoms with Gasteiger partial charge in [-0.2, -0.15) is 0 Å². The number of rotatable bonds is 3. The lowest BCUT2D eigenvalue weighted by Crippen LogP contribution is -2.43. The Hall–Kier alpha value is -1.42. The predicted molar refractivity (Wildman–Crippen MR) is 95.2 cm³/mol. The number of halogens is 1. The first kappa shape index (κ1) is 17.9. The molecular weight excluding hydrogens is 312 g/mol. The number of benzene rings is 1. The predicted octanol–water partition coefficient (Wildman–Crippen LogP) is 4.90. The van der Waals surface area contributed by atoms with Gasteiger partial charge in [-0.1, -0.05) is 17.7 Å². The van der Waals surface area contributed by atoms with E-state index in [1.165, 1.54) is 0 Å². The maximum absolute atomic E-state index is 11.9. The Kier molecular flexibility index (Phi) is 5.79. The van der Waals surface area contributed by atoms with Gasteiger partial charge in [-0.05, 0) is 71.1 Å². The number of ether oxygens (including phenoxy) is 1. The largest absolute Gasteiger partial charge is 0.444 e. The van der Waals surface area contributed by atoms with Gasteiger partial charge in [-0.15, -0.1) is 0 Å². The first-order chi connectivity index (χ1) is 10.7. The van der Waals surface area contributed by atoms with Crippen LogP contribution in [0.25, 0.3) is 0 Å². The van der Waals surface area contributed by atoms with Crippen molar-refractivity contribution < 1.29 is 9.53 Å². The van der Waals surface area contributed by atoms with Crippen LogP contribution in [0.5, 0.6) is 0 Å². The van der Waals surface area contributed by atoms with Gasteiger partial charge in [-0.25, -0.2) is 4.79 Å². The maximum Gasteiger partial charge on any atom is 0.407 e. The van der Waals surface area contributed by atoms with Crippen LogP contribution in [0.3, 0.4) is 0 Å². The Bertz CT molecular complexity index is 554. The molecule has 0 spiro atoms. The standard InChI is InChI=1S/C18H27ClN2O2/c1-12-8-9-16(15(19)10-12)20-13-6-5-7-14(11-13)21-17(22)23-18(2,3)4/h8-10,13-14,20H,5-7,11H2,1-4H3,(H,21,22). The van der Waals surface area contributed by atoms with E-state index in [0.717, 1.165) is 42.0 Å². The van der Waals surface area contributed by atoms with Gasteiger partial charge in [0.2, 0.25) is 0 Å². The van der Waals surface area contributed by atoms with Gasteiger partial charge >= 0.3 is 6.09 Å². The molecule has 128 valence electrons. The number of alkyl carbamates (subject to hydrolysis) is 1. The van der Waals surface area contributed by atoms with Crippen LogP contribution in [-0.4, -0.2) is 23.8 Å². The van der Waals surface area contributed by atoms with Gasteiger partial charge < -0.3 is 15.4 Å². The van der Waals surface area contributed by atoms with E-state index in [4.69, 9.17) is 16.3 Å². The summed E-state index contributed by atoms with van der Waals surface area (Å²) in [5, 5.41) is 7.23. The van der Waals surface area contributed by atoms with Crippen molar-refractivity contribution in [3.05, 3.63) is 28.8 Å². The van der Waals surface area contributed by atoms with Gasteiger partial charge in [-0.3, -0.25) is 0 Å². The fourth-order valence-corrected chi connectivity index (χ4v) is 3.17. The fraction of sp³-hybridized carbons (Fsp3) is 0.611. The van der Waals surface area contributed by atoms with Crippen LogP contribution in [0.1, 0.15) is 52.0 Å². The van der Waals surface area contributed by atoms with Crippen molar-refractivity contribution in [2.45, 2.75) is 71.1 Å². The summed E-state index contributed by atoms with van der Waals surface area (Å²) in [5.41, 5.74) is 1.64. The summed E-state index contributed by atoms with van der Waals surface area (Å²) in [6.07, 6.45) is 3.68. The summed E-state index contributed by atoms with van der Waals surface area (Å²) < 4.78 is 5.33. The van der Waals surface area contributed by atoms with Crippen LogP contribution in [0, 0.1) is 6.92 Å². The first-order valence-corrected chi connectivity index (χ1v) is 8.63. The number of nitrogens with one attached hydrogen (secondary N) is 2. The van der Waals surface area contributed by atoms with Crippen molar-refractivity contribution in [3.63, 3.8) is 0 Å². The summed E-state index contributed by atoms with van der Waals surface area (Å²) in [4.78, 5) is 11.9. The first-order valence-electron chi connectivity index (χ1n) is 8.25. The molecule has 2 unspecified atom stereocenters. The molecule has 4 nitrogen and oxygen atoms in total. The molecule has 1 fully saturated rings. The SMILES string of the molecule is Cc1ccc(NC2CCCC(NC(=O)OC(C)(C)C)C2)c(Cl)c1. The number of amides is 1. The zero-order chi connectivity index (χ0) is 17.0. The molecule has 0 radical (unpaired) electrons. The number of aryl methyl sites for hydroxylation is 1. The molecule has 2 N–H and O–H groups in total. The van der Waals surface area contributed by atoms with Crippen LogP contribution < -0.4 is 10.6 Å². The molecule has 0 aromatic heterocycles. The molecule has 2 rings (SSSR count). The van der Waals surface area contributed by atoms with Crippen molar-refractivity contribution in [3.8, 4) is 0 Å². The number of carbonyl (C=O) groups excluding carboxylic acids is 1. The quantitative estimate of drug-likeness (QED) is 0.824. The molecule has 1 amide bonds. The van der Waals surface area contributed by atoms with Crippen LogP contribution in [0.4, 0.5) is 10.5 Å². The molecule has 1 aliphatic rings. The Morgan fingerprint density at radius 1 is 1.26 bits per heavy atom. The van der Waals surface area contributed by atoms with Crippen molar-refractivity contribution in [1.82, 2.24) is 5.32 Å². The molecule has 1 aromatic rings. The average molecular weight is 339 g/mol. The van der Waals surface area contributed by atoms with Crippen molar-refractivity contribution >= 4 is 23.4 Å². The lowest BCUT2D eigenvalue weighted by atomic mass is 9.91. The summed E-state index contributed by atoms with van der Waals surface area (Å²) in [5.74, 6) is 0. The molecule has 1 aromatic carbocycles. The molecule has 1 saturated carbocycles. The highest BCUT2D eigenvalue weighted by molar-refractivity contribution is 6.33. The van der Waals surface area contributed by atoms with Crippen LogP contribution >= 0.6 is 11.6 Å². The Morgan fingerprint density at radius 3 is 2.61 bits per heavy atom. The molecule has 0 saturated heterocycles. The average Bonchev–Trinajstić information content (AvgIpc) is 2.40. The van der Waals surface area contributed by atoms with E-state index < -0.39 is 5.60 Å². The highest BCUT2D eigenvalue weighted by Crippen LogP contribution is 2.27. The highest BCUT2D eigenvalue weighted by Gasteiger charge is 2.25. The van der Waals surface area contributed by atoms with Gasteiger partial charge in [0.15, 0.2) is 0 Å². The second-order valence-corrected chi connectivity index (χ2v) is 7.74.